The number of hydrogen-bond donors (Lipinski definition) is 0. The van der Waals surface area contributed by atoms with Gasteiger partial charge < -0.3 is 14.2 Å². The van der Waals surface area contributed by atoms with Crippen LogP contribution in [0.15, 0.2) is 0 Å². The molecule has 4 unspecified atom stereocenters. The van der Waals surface area contributed by atoms with E-state index in [2.05, 4.69) is 27.7 Å². The summed E-state index contributed by atoms with van der Waals surface area (Å²) in [5.74, 6) is -1.22. The number of fused-ring (bicyclic) bond motifs is 2. The van der Waals surface area contributed by atoms with E-state index < -0.39 is 11.6 Å². The maximum absolute atomic E-state index is 6.15. The highest BCUT2D eigenvalue weighted by atomic mass is 16.9. The number of ether oxygens (including phenoxy) is 3. The van der Waals surface area contributed by atoms with Crippen molar-refractivity contribution in [1.82, 2.24) is 0 Å². The Hall–Kier alpha value is -0.120. The fourth-order valence-corrected chi connectivity index (χ4v) is 2.68. The van der Waals surface area contributed by atoms with Crippen LogP contribution in [-0.2, 0) is 14.2 Å². The van der Waals surface area contributed by atoms with Crippen molar-refractivity contribution in [2.75, 3.05) is 0 Å². The maximum Gasteiger partial charge on any atom is 0.198 e. The van der Waals surface area contributed by atoms with Gasteiger partial charge in [-0.05, 0) is 40.5 Å². The molecule has 0 aromatic carbocycles. The molecule has 2 rings (SSSR count). The average Bonchev–Trinajstić information content (AvgIpc) is 2.47. The molecule has 2 saturated heterocycles. The Bertz CT molecular complexity index is 265. The van der Waals surface area contributed by atoms with E-state index in [0.29, 0.717) is 0 Å². The molecule has 0 aliphatic carbocycles. The Labute approximate surface area is 92.1 Å². The van der Waals surface area contributed by atoms with Gasteiger partial charge >= 0.3 is 0 Å². The summed E-state index contributed by atoms with van der Waals surface area (Å²) >= 11 is 0. The molecule has 4 atom stereocenters. The van der Waals surface area contributed by atoms with Crippen molar-refractivity contribution in [2.45, 2.75) is 77.2 Å². The van der Waals surface area contributed by atoms with Gasteiger partial charge in [0.25, 0.3) is 0 Å². The second-order valence-corrected chi connectivity index (χ2v) is 5.37. The molecule has 3 heteroatoms. The highest BCUT2D eigenvalue weighted by Gasteiger charge is 2.73. The van der Waals surface area contributed by atoms with Crippen LogP contribution in [0.3, 0.4) is 0 Å². The Kier molecular flexibility index (Phi) is 2.09. The van der Waals surface area contributed by atoms with E-state index in [-0.39, 0.29) is 11.2 Å². The second kappa shape index (κ2) is 2.76. The van der Waals surface area contributed by atoms with Crippen LogP contribution in [0.2, 0.25) is 0 Å². The Balaban J connectivity index is 2.40. The summed E-state index contributed by atoms with van der Waals surface area (Å²) in [6.45, 7) is 12.3. The van der Waals surface area contributed by atoms with Crippen LogP contribution in [0.5, 0.6) is 0 Å². The van der Waals surface area contributed by atoms with Crippen molar-refractivity contribution >= 4 is 0 Å². The van der Waals surface area contributed by atoms with Crippen LogP contribution in [0.4, 0.5) is 0 Å². The Morgan fingerprint density at radius 2 is 1.00 bits per heavy atom. The van der Waals surface area contributed by atoms with E-state index >= 15 is 0 Å². The van der Waals surface area contributed by atoms with Crippen molar-refractivity contribution < 1.29 is 14.2 Å². The standard InChI is InChI=1S/C12H22O3/c1-7-9(3)11(5)14-10(4,8-2)12(6,13-9)15-11/h7-8H2,1-6H3. The van der Waals surface area contributed by atoms with Crippen molar-refractivity contribution in [1.29, 1.82) is 0 Å². The fourth-order valence-electron chi connectivity index (χ4n) is 2.68. The van der Waals surface area contributed by atoms with E-state index in [0.717, 1.165) is 12.8 Å². The Morgan fingerprint density at radius 3 is 1.20 bits per heavy atom. The molecule has 15 heavy (non-hydrogen) atoms. The van der Waals surface area contributed by atoms with Gasteiger partial charge in [0.15, 0.2) is 11.6 Å². The van der Waals surface area contributed by atoms with E-state index in [9.17, 15) is 0 Å². The molecule has 2 aliphatic rings. The zero-order valence-corrected chi connectivity index (χ0v) is 10.6. The van der Waals surface area contributed by atoms with Gasteiger partial charge in [0.1, 0.15) is 11.2 Å². The third kappa shape index (κ3) is 1.12. The molecule has 3 nitrogen and oxygen atoms in total. The highest BCUT2D eigenvalue weighted by Crippen LogP contribution is 2.60. The van der Waals surface area contributed by atoms with Gasteiger partial charge in [0.2, 0.25) is 0 Å². The molecule has 0 N–H and O–H groups in total. The first-order valence-electron chi connectivity index (χ1n) is 5.85. The summed E-state index contributed by atoms with van der Waals surface area (Å²) in [5, 5.41) is 0. The lowest BCUT2D eigenvalue weighted by Crippen LogP contribution is -2.59. The van der Waals surface area contributed by atoms with Gasteiger partial charge in [-0.15, -0.1) is 0 Å². The average molecular weight is 214 g/mol. The minimum absolute atomic E-state index is 0.337. The first-order valence-corrected chi connectivity index (χ1v) is 5.85. The van der Waals surface area contributed by atoms with E-state index in [1.165, 1.54) is 0 Å². The normalized spacial score (nSPS) is 58.8. The van der Waals surface area contributed by atoms with Crippen molar-refractivity contribution in [3.8, 4) is 0 Å². The van der Waals surface area contributed by atoms with Gasteiger partial charge in [0, 0.05) is 0 Å². The minimum Gasteiger partial charge on any atom is -0.335 e. The highest BCUT2D eigenvalue weighted by molar-refractivity contribution is 5.10. The minimum atomic E-state index is -0.610. The van der Waals surface area contributed by atoms with Crippen LogP contribution >= 0.6 is 0 Å². The first kappa shape index (κ1) is 11.4. The first-order chi connectivity index (χ1) is 6.74. The molecule has 0 aromatic heterocycles. The summed E-state index contributed by atoms with van der Waals surface area (Å²) in [7, 11) is 0. The van der Waals surface area contributed by atoms with Gasteiger partial charge in [0.05, 0.1) is 0 Å². The van der Waals surface area contributed by atoms with Crippen LogP contribution in [-0.4, -0.2) is 22.8 Å². The lowest BCUT2D eigenvalue weighted by molar-refractivity contribution is -0.293. The maximum atomic E-state index is 6.15. The van der Waals surface area contributed by atoms with E-state index in [4.69, 9.17) is 14.2 Å². The molecule has 0 amide bonds. The summed E-state index contributed by atoms with van der Waals surface area (Å²) in [5.41, 5.74) is -0.674. The quantitative estimate of drug-likeness (QED) is 0.707. The SMILES string of the molecule is CCC1(C)OC2(C)OC1(C)OC2(C)CC. The van der Waals surface area contributed by atoms with Gasteiger partial charge in [-0.25, -0.2) is 0 Å². The van der Waals surface area contributed by atoms with Crippen LogP contribution in [0, 0.1) is 0 Å². The topological polar surface area (TPSA) is 27.7 Å². The predicted molar refractivity (Wildman–Crippen MR) is 57.5 cm³/mol. The van der Waals surface area contributed by atoms with E-state index in [1.807, 2.05) is 13.8 Å². The van der Waals surface area contributed by atoms with Crippen LogP contribution in [0.1, 0.15) is 54.4 Å². The summed E-state index contributed by atoms with van der Waals surface area (Å²) in [4.78, 5) is 0. The molecule has 2 heterocycles. The molecule has 0 radical (unpaired) electrons. The molecular weight excluding hydrogens is 192 g/mol. The van der Waals surface area contributed by atoms with Crippen molar-refractivity contribution in [2.24, 2.45) is 0 Å². The fraction of sp³-hybridized carbons (Fsp3) is 1.00. The van der Waals surface area contributed by atoms with Gasteiger partial charge in [-0.3, -0.25) is 0 Å². The zero-order chi connectivity index (χ0) is 11.5. The van der Waals surface area contributed by atoms with Crippen LogP contribution < -0.4 is 0 Å². The summed E-state index contributed by atoms with van der Waals surface area (Å²) in [6, 6.07) is 0. The summed E-state index contributed by atoms with van der Waals surface area (Å²) < 4.78 is 18.3. The molecular formula is C12H22O3. The third-order valence-corrected chi connectivity index (χ3v) is 4.50. The summed E-state index contributed by atoms with van der Waals surface area (Å²) in [6.07, 6.45) is 1.78. The number of hydrogen-bond acceptors (Lipinski definition) is 3. The molecule has 0 saturated carbocycles. The third-order valence-electron chi connectivity index (χ3n) is 4.50. The monoisotopic (exact) mass is 214 g/mol. The second-order valence-electron chi connectivity index (χ2n) is 5.37. The largest absolute Gasteiger partial charge is 0.335 e. The van der Waals surface area contributed by atoms with Gasteiger partial charge in [-0.2, -0.15) is 0 Å². The van der Waals surface area contributed by atoms with Crippen molar-refractivity contribution in [3.05, 3.63) is 0 Å². The molecule has 88 valence electrons. The van der Waals surface area contributed by atoms with Crippen molar-refractivity contribution in [3.63, 3.8) is 0 Å². The zero-order valence-electron chi connectivity index (χ0n) is 10.6. The van der Waals surface area contributed by atoms with E-state index in [1.54, 1.807) is 0 Å². The lowest BCUT2D eigenvalue weighted by Gasteiger charge is -2.46. The smallest absolute Gasteiger partial charge is 0.198 e. The number of rotatable bonds is 2. The molecule has 2 aliphatic heterocycles. The molecule has 2 fully saturated rings. The molecule has 2 bridgehead atoms. The predicted octanol–water partition coefficient (Wildman–Crippen LogP) is 2.83. The lowest BCUT2D eigenvalue weighted by atomic mass is 9.88. The van der Waals surface area contributed by atoms with Crippen LogP contribution in [0.25, 0.3) is 0 Å². The Morgan fingerprint density at radius 1 is 0.667 bits per heavy atom. The molecule has 0 aromatic rings. The van der Waals surface area contributed by atoms with Gasteiger partial charge in [-0.1, -0.05) is 13.8 Å². The molecule has 0 spiro atoms.